The summed E-state index contributed by atoms with van der Waals surface area (Å²) in [6.45, 7) is 2.38. The average Bonchev–Trinajstić information content (AvgIpc) is 2.68. The molecule has 0 saturated heterocycles. The second-order valence-corrected chi connectivity index (χ2v) is 8.18. The van der Waals surface area contributed by atoms with Gasteiger partial charge in [-0.3, -0.25) is 0 Å². The number of hydrogen-bond acceptors (Lipinski definition) is 4. The number of para-hydroxylation sites is 1. The van der Waals surface area contributed by atoms with Gasteiger partial charge >= 0.3 is 18.0 Å². The summed E-state index contributed by atoms with van der Waals surface area (Å²) in [5.41, 5.74) is -6.59. The number of benzene rings is 2. The van der Waals surface area contributed by atoms with E-state index in [-0.39, 0.29) is 25.9 Å². The van der Waals surface area contributed by atoms with Gasteiger partial charge in [-0.15, -0.1) is 0 Å². The fraction of sp³-hybridized carbons (Fsp3) is 0.368. The molecule has 178 valence electrons. The first-order valence-electron chi connectivity index (χ1n) is 8.86. The fourth-order valence-corrected chi connectivity index (χ4v) is 4.36. The number of methoxy groups -OCH3 is 1. The predicted molar refractivity (Wildman–Crippen MR) is 112 cm³/mol. The van der Waals surface area contributed by atoms with E-state index in [2.05, 4.69) is 42.5 Å². The second kappa shape index (κ2) is 9.64. The van der Waals surface area contributed by atoms with E-state index in [1.807, 2.05) is 6.92 Å². The van der Waals surface area contributed by atoms with Crippen LogP contribution >= 0.6 is 31.9 Å². The van der Waals surface area contributed by atoms with Crippen LogP contribution in [0.2, 0.25) is 0 Å². The fourth-order valence-electron chi connectivity index (χ4n) is 2.94. The molecule has 32 heavy (non-hydrogen) atoms. The third kappa shape index (κ3) is 4.93. The summed E-state index contributed by atoms with van der Waals surface area (Å²) in [5.74, 6) is 0.273. The van der Waals surface area contributed by atoms with Gasteiger partial charge in [-0.05, 0) is 57.0 Å². The number of hydrogen-bond donors (Lipinski definition) is 3. The summed E-state index contributed by atoms with van der Waals surface area (Å²) in [6, 6.07) is 5.51. The molecular formula is C19H17Br2F7N2O2. The van der Waals surface area contributed by atoms with Crippen LogP contribution in [0.1, 0.15) is 24.3 Å². The van der Waals surface area contributed by atoms with Gasteiger partial charge in [0.2, 0.25) is 0 Å². The van der Waals surface area contributed by atoms with Gasteiger partial charge in [-0.25, -0.2) is 4.39 Å². The van der Waals surface area contributed by atoms with E-state index in [4.69, 9.17) is 4.74 Å². The molecular weight excluding hydrogens is 581 g/mol. The molecule has 1 atom stereocenters. The van der Waals surface area contributed by atoms with Gasteiger partial charge in [-0.1, -0.05) is 12.1 Å². The Kier molecular flexibility index (Phi) is 7.99. The number of aliphatic hydroxyl groups excluding tert-OH is 1. The largest absolute Gasteiger partial charge is 0.494 e. The van der Waals surface area contributed by atoms with Crippen LogP contribution in [0.15, 0.2) is 39.3 Å². The van der Waals surface area contributed by atoms with E-state index in [0.29, 0.717) is 24.4 Å². The third-order valence-electron chi connectivity index (χ3n) is 4.41. The van der Waals surface area contributed by atoms with E-state index >= 15 is 0 Å². The highest BCUT2D eigenvalue weighted by atomic mass is 79.9. The number of alkyl halides is 7. The lowest BCUT2D eigenvalue weighted by atomic mass is 9.94. The highest BCUT2D eigenvalue weighted by molar-refractivity contribution is 9.11. The van der Waals surface area contributed by atoms with Crippen molar-refractivity contribution in [2.45, 2.75) is 31.2 Å². The van der Waals surface area contributed by atoms with Crippen molar-refractivity contribution >= 4 is 43.2 Å². The molecule has 4 nitrogen and oxygen atoms in total. The zero-order valence-corrected chi connectivity index (χ0v) is 19.6. The molecule has 0 aliphatic heterocycles. The Morgan fingerprint density at radius 3 is 1.97 bits per heavy atom. The Morgan fingerprint density at radius 2 is 1.53 bits per heavy atom. The number of halogens is 9. The third-order valence-corrected chi connectivity index (χ3v) is 5.66. The molecule has 0 aliphatic carbocycles. The van der Waals surface area contributed by atoms with Gasteiger partial charge in [-0.2, -0.15) is 26.3 Å². The van der Waals surface area contributed by atoms with Crippen LogP contribution in [0, 0.1) is 0 Å². The Balaban J connectivity index is 2.50. The zero-order chi connectivity index (χ0) is 24.5. The zero-order valence-electron chi connectivity index (χ0n) is 16.4. The molecule has 2 aromatic carbocycles. The lowest BCUT2D eigenvalue weighted by molar-refractivity contribution is -0.348. The van der Waals surface area contributed by atoms with E-state index in [9.17, 15) is 35.8 Å². The topological polar surface area (TPSA) is 53.5 Å². The van der Waals surface area contributed by atoms with Crippen molar-refractivity contribution in [3.05, 3.63) is 50.4 Å². The summed E-state index contributed by atoms with van der Waals surface area (Å²) in [6.07, 6.45) is -14.0. The van der Waals surface area contributed by atoms with Crippen LogP contribution in [0.4, 0.5) is 42.1 Å². The highest BCUT2D eigenvalue weighted by Gasteiger charge is 2.73. The molecule has 0 aliphatic rings. The molecule has 13 heteroatoms. The van der Waals surface area contributed by atoms with Crippen molar-refractivity contribution in [1.82, 2.24) is 0 Å². The maximum atomic E-state index is 14.4. The minimum atomic E-state index is -6.25. The smallest absolute Gasteiger partial charge is 0.435 e. The van der Waals surface area contributed by atoms with Gasteiger partial charge in [0.15, 0.2) is 6.23 Å². The van der Waals surface area contributed by atoms with E-state index in [1.165, 1.54) is 13.2 Å². The van der Waals surface area contributed by atoms with Gasteiger partial charge in [0.05, 0.1) is 18.5 Å². The Bertz CT molecular complexity index is 931. The molecule has 0 aromatic heterocycles. The monoisotopic (exact) mass is 596 g/mol. The lowest BCUT2D eigenvalue weighted by Gasteiger charge is -2.31. The van der Waals surface area contributed by atoms with Crippen molar-refractivity contribution in [2.75, 3.05) is 24.3 Å². The summed E-state index contributed by atoms with van der Waals surface area (Å²) < 4.78 is 97.4. The summed E-state index contributed by atoms with van der Waals surface area (Å²) in [7, 11) is 1.36. The predicted octanol–water partition coefficient (Wildman–Crippen LogP) is 7.04. The molecule has 2 aromatic rings. The summed E-state index contributed by atoms with van der Waals surface area (Å²) in [4.78, 5) is 0. The molecule has 0 radical (unpaired) electrons. The normalized spacial score (nSPS) is 13.6. The van der Waals surface area contributed by atoms with Crippen LogP contribution < -0.4 is 15.4 Å². The Morgan fingerprint density at radius 1 is 1.00 bits per heavy atom. The van der Waals surface area contributed by atoms with Gasteiger partial charge in [0, 0.05) is 26.6 Å². The summed E-state index contributed by atoms with van der Waals surface area (Å²) >= 11 is 5.70. The maximum Gasteiger partial charge on any atom is 0.435 e. The van der Waals surface area contributed by atoms with Gasteiger partial charge in [0.1, 0.15) is 5.75 Å². The SMILES string of the molecule is CCNc1cccc(C(O)Nc2c(Br)cc(C(F)(C(F)(F)F)C(F)(F)F)cc2Br)c1OC. The van der Waals surface area contributed by atoms with Gasteiger partial charge < -0.3 is 20.5 Å². The first kappa shape index (κ1) is 26.5. The molecule has 0 amide bonds. The van der Waals surface area contributed by atoms with E-state index in [1.54, 1.807) is 12.1 Å². The van der Waals surface area contributed by atoms with Crippen LogP contribution in [0.3, 0.4) is 0 Å². The van der Waals surface area contributed by atoms with Crippen molar-refractivity contribution in [3.8, 4) is 5.75 Å². The maximum absolute atomic E-state index is 14.4. The van der Waals surface area contributed by atoms with Crippen LogP contribution in [0.25, 0.3) is 0 Å². The number of anilines is 2. The Labute approximate surface area is 195 Å². The molecule has 3 N–H and O–H groups in total. The van der Waals surface area contributed by atoms with Gasteiger partial charge in [0.25, 0.3) is 0 Å². The molecule has 0 bridgehead atoms. The minimum absolute atomic E-state index is 0.108. The standard InChI is InChI=1S/C19H17Br2F7N2O2/c1-3-29-13-6-4-5-10(15(13)32-2)16(31)30-14-11(20)7-9(8-12(14)21)17(22,18(23,24)25)19(26,27)28/h4-8,16,29-31H,3H2,1-2H3. The number of rotatable bonds is 7. The first-order valence-corrected chi connectivity index (χ1v) is 10.4. The van der Waals surface area contributed by atoms with Crippen molar-refractivity contribution < 1.29 is 40.6 Å². The van der Waals surface area contributed by atoms with Crippen LogP contribution in [-0.2, 0) is 5.67 Å². The molecule has 0 saturated carbocycles. The highest BCUT2D eigenvalue weighted by Crippen LogP contribution is 2.54. The molecule has 1 unspecified atom stereocenters. The molecule has 0 fully saturated rings. The van der Waals surface area contributed by atoms with Crippen molar-refractivity contribution in [3.63, 3.8) is 0 Å². The van der Waals surface area contributed by atoms with E-state index in [0.717, 1.165) is 0 Å². The molecule has 0 spiro atoms. The average molecular weight is 598 g/mol. The molecule has 2 rings (SSSR count). The Hall–Kier alpha value is -1.73. The second-order valence-electron chi connectivity index (χ2n) is 6.47. The van der Waals surface area contributed by atoms with Crippen LogP contribution in [-0.4, -0.2) is 31.1 Å². The number of ether oxygens (including phenoxy) is 1. The molecule has 0 heterocycles. The summed E-state index contributed by atoms with van der Waals surface area (Å²) in [5, 5.41) is 16.2. The van der Waals surface area contributed by atoms with Crippen LogP contribution in [0.5, 0.6) is 5.75 Å². The van der Waals surface area contributed by atoms with Crippen molar-refractivity contribution in [2.24, 2.45) is 0 Å². The van der Waals surface area contributed by atoms with Crippen molar-refractivity contribution in [1.29, 1.82) is 0 Å². The quantitative estimate of drug-likeness (QED) is 0.237. The van der Waals surface area contributed by atoms with E-state index < -0.39 is 29.8 Å². The number of aliphatic hydroxyl groups is 1. The minimum Gasteiger partial charge on any atom is -0.494 e. The lowest BCUT2D eigenvalue weighted by Crippen LogP contribution is -2.50. The number of nitrogens with one attached hydrogen (secondary N) is 2. The first-order chi connectivity index (χ1) is 14.7.